The van der Waals surface area contributed by atoms with Crippen molar-refractivity contribution in [1.82, 2.24) is 5.32 Å². The Hall–Kier alpha value is -0.940. The summed E-state index contributed by atoms with van der Waals surface area (Å²) in [6, 6.07) is 6.09. The molecule has 1 aliphatic heterocycles. The molecule has 1 unspecified atom stereocenters. The van der Waals surface area contributed by atoms with Crippen LogP contribution in [0.3, 0.4) is 0 Å². The average molecular weight is 285 g/mol. The van der Waals surface area contributed by atoms with Crippen molar-refractivity contribution in [3.8, 4) is 0 Å². The molecule has 1 aromatic carbocycles. The topological polar surface area (TPSA) is 46.2 Å². The zero-order chi connectivity index (χ0) is 13.9. The smallest absolute Gasteiger partial charge is 0.157 e. The molecular formula is C14H20FNO2S. The molecule has 106 valence electrons. The molecule has 0 spiro atoms. The van der Waals surface area contributed by atoms with E-state index in [2.05, 4.69) is 5.32 Å². The molecule has 0 amide bonds. The van der Waals surface area contributed by atoms with Crippen LogP contribution in [0.1, 0.15) is 25.3 Å². The molecule has 0 bridgehead atoms. The van der Waals surface area contributed by atoms with Gasteiger partial charge in [-0.05, 0) is 44.8 Å². The Labute approximate surface area is 114 Å². The van der Waals surface area contributed by atoms with E-state index in [1.807, 2.05) is 0 Å². The number of hydrogen-bond acceptors (Lipinski definition) is 3. The Bertz CT molecular complexity index is 524. The third kappa shape index (κ3) is 3.54. The quantitative estimate of drug-likeness (QED) is 0.922. The van der Waals surface area contributed by atoms with E-state index in [-0.39, 0.29) is 17.2 Å². The van der Waals surface area contributed by atoms with Crippen LogP contribution in [0.2, 0.25) is 0 Å². The van der Waals surface area contributed by atoms with Crippen molar-refractivity contribution in [3.63, 3.8) is 0 Å². The summed E-state index contributed by atoms with van der Waals surface area (Å²) in [6.45, 7) is 3.49. The second-order valence-electron chi connectivity index (χ2n) is 5.19. The summed E-state index contributed by atoms with van der Waals surface area (Å²) < 4.78 is 38.3. The van der Waals surface area contributed by atoms with Crippen LogP contribution in [0.25, 0.3) is 0 Å². The van der Waals surface area contributed by atoms with Gasteiger partial charge in [-0.1, -0.05) is 18.2 Å². The summed E-state index contributed by atoms with van der Waals surface area (Å²) in [7, 11) is -3.30. The molecule has 0 aromatic heterocycles. The largest absolute Gasteiger partial charge is 0.317 e. The molecule has 1 heterocycles. The molecule has 1 atom stereocenters. The number of hydrogen-bond donors (Lipinski definition) is 1. The van der Waals surface area contributed by atoms with Gasteiger partial charge in [0.2, 0.25) is 0 Å². The molecule has 1 saturated heterocycles. The van der Waals surface area contributed by atoms with Gasteiger partial charge in [-0.25, -0.2) is 12.8 Å². The molecule has 1 N–H and O–H groups in total. The highest BCUT2D eigenvalue weighted by Gasteiger charge is 2.30. The first-order valence-corrected chi connectivity index (χ1v) is 8.38. The number of rotatable bonds is 4. The van der Waals surface area contributed by atoms with Gasteiger partial charge in [0.15, 0.2) is 9.84 Å². The van der Waals surface area contributed by atoms with E-state index in [0.29, 0.717) is 0 Å². The van der Waals surface area contributed by atoms with Crippen molar-refractivity contribution in [1.29, 1.82) is 0 Å². The molecule has 5 heteroatoms. The van der Waals surface area contributed by atoms with Crippen LogP contribution in [-0.2, 0) is 15.6 Å². The van der Waals surface area contributed by atoms with Gasteiger partial charge < -0.3 is 5.32 Å². The summed E-state index contributed by atoms with van der Waals surface area (Å²) >= 11 is 0. The van der Waals surface area contributed by atoms with E-state index < -0.39 is 20.9 Å². The van der Waals surface area contributed by atoms with Crippen LogP contribution in [0, 0.1) is 11.7 Å². The minimum Gasteiger partial charge on any atom is -0.317 e. The first kappa shape index (κ1) is 14.5. The molecule has 3 nitrogen and oxygen atoms in total. The summed E-state index contributed by atoms with van der Waals surface area (Å²) in [5, 5.41) is 2.82. The van der Waals surface area contributed by atoms with Crippen molar-refractivity contribution < 1.29 is 12.8 Å². The van der Waals surface area contributed by atoms with Gasteiger partial charge in [0.05, 0.1) is 11.0 Å². The van der Waals surface area contributed by atoms with Gasteiger partial charge in [0.1, 0.15) is 5.82 Å². The lowest BCUT2D eigenvalue weighted by Gasteiger charge is -2.28. The normalized spacial score (nSPS) is 19.3. The maximum absolute atomic E-state index is 13.6. The fourth-order valence-electron chi connectivity index (χ4n) is 2.57. The van der Waals surface area contributed by atoms with Crippen LogP contribution >= 0.6 is 0 Å². The second kappa shape index (κ2) is 6.01. The summed E-state index contributed by atoms with van der Waals surface area (Å²) in [4.78, 5) is 0. The highest BCUT2D eigenvalue weighted by atomic mass is 32.2. The van der Waals surface area contributed by atoms with Crippen LogP contribution < -0.4 is 5.32 Å². The lowest BCUT2D eigenvalue weighted by molar-refractivity contribution is 0.363. The maximum atomic E-state index is 13.6. The Kier molecular flexibility index (Phi) is 4.58. The molecule has 1 fully saturated rings. The predicted octanol–water partition coefficient (Wildman–Crippen LogP) is 2.13. The van der Waals surface area contributed by atoms with E-state index in [0.717, 1.165) is 25.9 Å². The number of halogens is 1. The lowest BCUT2D eigenvalue weighted by atomic mass is 9.95. The Morgan fingerprint density at radius 1 is 1.32 bits per heavy atom. The highest BCUT2D eigenvalue weighted by molar-refractivity contribution is 7.91. The molecule has 19 heavy (non-hydrogen) atoms. The van der Waals surface area contributed by atoms with Crippen LogP contribution in [0.4, 0.5) is 4.39 Å². The molecule has 0 saturated carbocycles. The molecule has 2 rings (SSSR count). The standard InChI is InChI=1S/C14H20FNO2S/c1-11(12-6-8-16-9-7-12)19(17,18)10-13-4-2-3-5-14(13)15/h2-5,11-12,16H,6-10H2,1H3. The summed E-state index contributed by atoms with van der Waals surface area (Å²) in [5.74, 6) is -0.466. The maximum Gasteiger partial charge on any atom is 0.157 e. The van der Waals surface area contributed by atoms with Crippen molar-refractivity contribution in [2.45, 2.75) is 30.8 Å². The third-order valence-electron chi connectivity index (χ3n) is 3.93. The fraction of sp³-hybridized carbons (Fsp3) is 0.571. The predicted molar refractivity (Wildman–Crippen MR) is 74.1 cm³/mol. The molecule has 0 aliphatic carbocycles. The van der Waals surface area contributed by atoms with Crippen LogP contribution in [0.5, 0.6) is 0 Å². The Balaban J connectivity index is 2.11. The van der Waals surface area contributed by atoms with E-state index in [9.17, 15) is 12.8 Å². The number of nitrogens with one attached hydrogen (secondary N) is 1. The van der Waals surface area contributed by atoms with E-state index >= 15 is 0 Å². The first-order valence-electron chi connectivity index (χ1n) is 6.66. The fourth-order valence-corrected chi connectivity index (χ4v) is 4.36. The molecular weight excluding hydrogens is 265 g/mol. The Morgan fingerprint density at radius 3 is 2.58 bits per heavy atom. The SMILES string of the molecule is CC(C1CCNCC1)S(=O)(=O)Cc1ccccc1F. The average Bonchev–Trinajstić information content (AvgIpc) is 2.41. The van der Waals surface area contributed by atoms with Gasteiger partial charge in [0.25, 0.3) is 0 Å². The van der Waals surface area contributed by atoms with Crippen molar-refractivity contribution >= 4 is 9.84 Å². The Morgan fingerprint density at radius 2 is 1.95 bits per heavy atom. The lowest BCUT2D eigenvalue weighted by Crippen LogP contribution is -2.37. The van der Waals surface area contributed by atoms with Gasteiger partial charge >= 0.3 is 0 Å². The first-order chi connectivity index (χ1) is 9.00. The van der Waals surface area contributed by atoms with Gasteiger partial charge in [-0.15, -0.1) is 0 Å². The molecule has 1 aliphatic rings. The summed E-state index contributed by atoms with van der Waals surface area (Å²) in [6.07, 6.45) is 1.75. The number of benzene rings is 1. The van der Waals surface area contributed by atoms with Crippen molar-refractivity contribution in [2.75, 3.05) is 13.1 Å². The molecule has 1 aromatic rings. The minimum absolute atomic E-state index is 0.179. The third-order valence-corrected chi connectivity index (χ3v) is 6.16. The van der Waals surface area contributed by atoms with Crippen molar-refractivity contribution in [3.05, 3.63) is 35.6 Å². The zero-order valence-electron chi connectivity index (χ0n) is 11.1. The van der Waals surface area contributed by atoms with E-state index in [1.165, 1.54) is 6.07 Å². The van der Waals surface area contributed by atoms with Gasteiger partial charge in [-0.3, -0.25) is 0 Å². The minimum atomic E-state index is -3.30. The number of piperidine rings is 1. The summed E-state index contributed by atoms with van der Waals surface area (Å²) in [5.41, 5.74) is 0.267. The van der Waals surface area contributed by atoms with Crippen molar-refractivity contribution in [2.24, 2.45) is 5.92 Å². The highest BCUT2D eigenvalue weighted by Crippen LogP contribution is 2.25. The second-order valence-corrected chi connectivity index (χ2v) is 7.55. The molecule has 0 radical (unpaired) electrons. The van der Waals surface area contributed by atoms with E-state index in [4.69, 9.17) is 0 Å². The van der Waals surface area contributed by atoms with Crippen LogP contribution in [0.15, 0.2) is 24.3 Å². The van der Waals surface area contributed by atoms with Gasteiger partial charge in [-0.2, -0.15) is 0 Å². The monoisotopic (exact) mass is 285 g/mol. The van der Waals surface area contributed by atoms with Gasteiger partial charge in [0, 0.05) is 5.56 Å². The zero-order valence-corrected chi connectivity index (χ0v) is 11.9. The number of sulfone groups is 1. The van der Waals surface area contributed by atoms with Crippen LogP contribution in [-0.4, -0.2) is 26.8 Å². The van der Waals surface area contributed by atoms with E-state index in [1.54, 1.807) is 25.1 Å².